The summed E-state index contributed by atoms with van der Waals surface area (Å²) >= 11 is 0. The Morgan fingerprint density at radius 2 is 1.86 bits per heavy atom. The summed E-state index contributed by atoms with van der Waals surface area (Å²) in [6.07, 6.45) is 10.3. The summed E-state index contributed by atoms with van der Waals surface area (Å²) in [5, 5.41) is 3.26. The highest BCUT2D eigenvalue weighted by atomic mass is 16.2. The molecule has 0 aromatic heterocycles. The molecule has 0 saturated heterocycles. The highest BCUT2D eigenvalue weighted by molar-refractivity contribution is 5.75. The predicted molar refractivity (Wildman–Crippen MR) is 87.2 cm³/mol. The van der Waals surface area contributed by atoms with Crippen molar-refractivity contribution in [2.45, 2.75) is 83.2 Å². The van der Waals surface area contributed by atoms with Crippen LogP contribution in [0.5, 0.6) is 0 Å². The van der Waals surface area contributed by atoms with Crippen LogP contribution < -0.4 is 11.1 Å². The Morgan fingerprint density at radius 3 is 2.38 bits per heavy atom. The maximum absolute atomic E-state index is 12.8. The fraction of sp³-hybridized carbons (Fsp3) is 0.941. The summed E-state index contributed by atoms with van der Waals surface area (Å²) < 4.78 is 0. The van der Waals surface area contributed by atoms with Crippen LogP contribution in [-0.4, -0.2) is 35.6 Å². The molecule has 0 radical (unpaired) electrons. The maximum atomic E-state index is 12.8. The molecule has 122 valence electrons. The van der Waals surface area contributed by atoms with Gasteiger partial charge in [0.15, 0.2) is 0 Å². The van der Waals surface area contributed by atoms with Gasteiger partial charge in [-0.1, -0.05) is 26.7 Å². The summed E-state index contributed by atoms with van der Waals surface area (Å²) in [6, 6.07) is 0.512. The molecule has 2 rings (SSSR count). The zero-order chi connectivity index (χ0) is 15.3. The average Bonchev–Trinajstić information content (AvgIpc) is 2.99. The van der Waals surface area contributed by atoms with Gasteiger partial charge in [-0.05, 0) is 50.9 Å². The Balaban J connectivity index is 2.05. The SMILES string of the molecule is CCCN(C(=O)NC1CCCC1)C1(CN)CCC(C)CC1. The topological polar surface area (TPSA) is 58.4 Å². The Hall–Kier alpha value is -0.770. The first-order valence-corrected chi connectivity index (χ1v) is 8.89. The second-order valence-corrected chi connectivity index (χ2v) is 7.19. The van der Waals surface area contributed by atoms with Gasteiger partial charge in [-0.2, -0.15) is 0 Å². The monoisotopic (exact) mass is 295 g/mol. The van der Waals surface area contributed by atoms with Gasteiger partial charge < -0.3 is 16.0 Å². The van der Waals surface area contributed by atoms with Crippen molar-refractivity contribution in [3.63, 3.8) is 0 Å². The second kappa shape index (κ2) is 7.48. The molecule has 0 spiro atoms. The van der Waals surface area contributed by atoms with E-state index in [1.165, 1.54) is 25.7 Å². The minimum atomic E-state index is -0.106. The molecule has 3 N–H and O–H groups in total. The number of carbonyl (C=O) groups is 1. The zero-order valence-electron chi connectivity index (χ0n) is 13.9. The lowest BCUT2D eigenvalue weighted by Crippen LogP contribution is -2.61. The summed E-state index contributed by atoms with van der Waals surface area (Å²) in [4.78, 5) is 14.9. The largest absolute Gasteiger partial charge is 0.335 e. The van der Waals surface area contributed by atoms with Crippen LogP contribution in [0.4, 0.5) is 4.79 Å². The van der Waals surface area contributed by atoms with Gasteiger partial charge in [0.05, 0.1) is 5.54 Å². The van der Waals surface area contributed by atoms with Crippen molar-refractivity contribution in [3.8, 4) is 0 Å². The third-order valence-electron chi connectivity index (χ3n) is 5.53. The van der Waals surface area contributed by atoms with E-state index in [4.69, 9.17) is 5.73 Å². The molecule has 0 atom stereocenters. The minimum Gasteiger partial charge on any atom is -0.335 e. The number of urea groups is 1. The van der Waals surface area contributed by atoms with Crippen molar-refractivity contribution in [3.05, 3.63) is 0 Å². The van der Waals surface area contributed by atoms with E-state index >= 15 is 0 Å². The molecule has 0 heterocycles. The highest BCUT2D eigenvalue weighted by Gasteiger charge is 2.41. The number of rotatable bonds is 5. The van der Waals surface area contributed by atoms with Gasteiger partial charge in [-0.15, -0.1) is 0 Å². The van der Waals surface area contributed by atoms with Crippen molar-refractivity contribution in [2.75, 3.05) is 13.1 Å². The molecule has 0 unspecified atom stereocenters. The van der Waals surface area contributed by atoms with E-state index in [-0.39, 0.29) is 11.6 Å². The number of carbonyl (C=O) groups excluding carboxylic acids is 1. The summed E-state index contributed by atoms with van der Waals surface area (Å²) in [7, 11) is 0. The van der Waals surface area contributed by atoms with Gasteiger partial charge in [0.25, 0.3) is 0 Å². The van der Waals surface area contributed by atoms with E-state index in [9.17, 15) is 4.79 Å². The van der Waals surface area contributed by atoms with Gasteiger partial charge in [-0.3, -0.25) is 0 Å². The van der Waals surface area contributed by atoms with Crippen LogP contribution in [0.2, 0.25) is 0 Å². The highest BCUT2D eigenvalue weighted by Crippen LogP contribution is 2.36. The van der Waals surface area contributed by atoms with Crippen molar-refractivity contribution < 1.29 is 4.79 Å². The van der Waals surface area contributed by atoms with Crippen molar-refractivity contribution in [2.24, 2.45) is 11.7 Å². The molecular weight excluding hydrogens is 262 g/mol. The number of hydrogen-bond donors (Lipinski definition) is 2. The van der Waals surface area contributed by atoms with Gasteiger partial charge in [-0.25, -0.2) is 4.79 Å². The Kier molecular flexibility index (Phi) is 5.91. The number of nitrogens with two attached hydrogens (primary N) is 1. The second-order valence-electron chi connectivity index (χ2n) is 7.19. The fourth-order valence-electron chi connectivity index (χ4n) is 3.98. The molecular formula is C17H33N3O. The van der Waals surface area contributed by atoms with Crippen molar-refractivity contribution >= 4 is 6.03 Å². The lowest BCUT2D eigenvalue weighted by molar-refractivity contribution is 0.0697. The Labute approximate surface area is 129 Å². The van der Waals surface area contributed by atoms with E-state index in [1.807, 2.05) is 0 Å². The number of amides is 2. The van der Waals surface area contributed by atoms with Crippen LogP contribution >= 0.6 is 0 Å². The lowest BCUT2D eigenvalue weighted by Gasteiger charge is -2.47. The molecule has 2 amide bonds. The summed E-state index contributed by atoms with van der Waals surface area (Å²) in [5.74, 6) is 0.769. The minimum absolute atomic E-state index is 0.106. The first kappa shape index (κ1) is 16.6. The number of nitrogens with one attached hydrogen (secondary N) is 1. The first-order chi connectivity index (χ1) is 10.1. The smallest absolute Gasteiger partial charge is 0.318 e. The molecule has 21 heavy (non-hydrogen) atoms. The molecule has 0 aliphatic heterocycles. The van der Waals surface area contributed by atoms with Gasteiger partial charge >= 0.3 is 6.03 Å². The predicted octanol–water partition coefficient (Wildman–Crippen LogP) is 3.26. The van der Waals surface area contributed by atoms with Crippen LogP contribution in [0.1, 0.15) is 71.6 Å². The van der Waals surface area contributed by atoms with E-state index in [0.717, 1.165) is 44.6 Å². The molecule has 4 heteroatoms. The molecule has 2 aliphatic carbocycles. The summed E-state index contributed by atoms with van der Waals surface area (Å²) in [6.45, 7) is 5.87. The number of nitrogens with zero attached hydrogens (tertiary/aromatic N) is 1. The molecule has 2 saturated carbocycles. The van der Waals surface area contributed by atoms with Crippen LogP contribution in [0.3, 0.4) is 0 Å². The fourth-order valence-corrected chi connectivity index (χ4v) is 3.98. The standard InChI is InChI=1S/C17H33N3O/c1-3-12-20(16(21)19-15-6-4-5-7-15)17(13-18)10-8-14(2)9-11-17/h14-15H,3-13,18H2,1-2H3,(H,19,21). The van der Waals surface area contributed by atoms with Gasteiger partial charge in [0.2, 0.25) is 0 Å². The van der Waals surface area contributed by atoms with Crippen molar-refractivity contribution in [1.29, 1.82) is 0 Å². The molecule has 0 bridgehead atoms. The Bertz CT molecular complexity index is 331. The van der Waals surface area contributed by atoms with E-state index in [2.05, 4.69) is 24.1 Å². The van der Waals surface area contributed by atoms with E-state index in [1.54, 1.807) is 0 Å². The third-order valence-corrected chi connectivity index (χ3v) is 5.53. The van der Waals surface area contributed by atoms with Crippen LogP contribution in [0.25, 0.3) is 0 Å². The maximum Gasteiger partial charge on any atom is 0.318 e. The van der Waals surface area contributed by atoms with Crippen molar-refractivity contribution in [1.82, 2.24) is 10.2 Å². The first-order valence-electron chi connectivity index (χ1n) is 8.89. The molecule has 0 aromatic carbocycles. The van der Waals surface area contributed by atoms with E-state index < -0.39 is 0 Å². The third kappa shape index (κ3) is 3.91. The zero-order valence-corrected chi connectivity index (χ0v) is 13.9. The number of hydrogen-bond acceptors (Lipinski definition) is 2. The van der Waals surface area contributed by atoms with Crippen LogP contribution in [-0.2, 0) is 0 Å². The van der Waals surface area contributed by atoms with Crippen LogP contribution in [0, 0.1) is 5.92 Å². The molecule has 4 nitrogen and oxygen atoms in total. The van der Waals surface area contributed by atoms with Crippen LogP contribution in [0.15, 0.2) is 0 Å². The summed E-state index contributed by atoms with van der Waals surface area (Å²) in [5.41, 5.74) is 6.03. The average molecular weight is 295 g/mol. The normalized spacial score (nSPS) is 30.3. The van der Waals surface area contributed by atoms with E-state index in [0.29, 0.717) is 12.6 Å². The molecule has 0 aromatic rings. The molecule has 2 aliphatic rings. The lowest BCUT2D eigenvalue weighted by atomic mass is 9.76. The quantitative estimate of drug-likeness (QED) is 0.818. The van der Waals surface area contributed by atoms with Gasteiger partial charge in [0.1, 0.15) is 0 Å². The Morgan fingerprint density at radius 1 is 1.24 bits per heavy atom. The molecule has 2 fully saturated rings. The van der Waals surface area contributed by atoms with Gasteiger partial charge in [0, 0.05) is 19.1 Å².